The Bertz CT molecular complexity index is 346. The Kier molecular flexibility index (Phi) is 3.45. The molecule has 1 N–H and O–H groups in total. The van der Waals surface area contributed by atoms with Crippen molar-refractivity contribution >= 4 is 38.9 Å². The predicted octanol–water partition coefficient (Wildman–Crippen LogP) is 2.61. The number of rotatable bonds is 3. The lowest BCUT2D eigenvalue weighted by atomic mass is 10.4. The normalized spacial score (nSPS) is 11.5. The van der Waals surface area contributed by atoms with Crippen molar-refractivity contribution in [3.05, 3.63) is 17.0 Å². The summed E-state index contributed by atoms with van der Waals surface area (Å²) >= 11 is 7.03. The number of halogens is 1. The van der Waals surface area contributed by atoms with Crippen molar-refractivity contribution in [3.8, 4) is 0 Å². The Morgan fingerprint density at radius 1 is 1.69 bits per heavy atom. The maximum Gasteiger partial charge on any atom is 0.191 e. The Morgan fingerprint density at radius 2 is 2.38 bits per heavy atom. The number of thiophene rings is 1. The van der Waals surface area contributed by atoms with Crippen LogP contribution in [0.5, 0.6) is 0 Å². The monoisotopic (exact) mass is 216 g/mol. The average Bonchev–Trinajstić information content (AvgIpc) is 2.47. The van der Waals surface area contributed by atoms with Gasteiger partial charge in [0.2, 0.25) is 0 Å². The molecular formula is C8H9ClN2OS. The molecule has 0 saturated carbocycles. The zero-order valence-electron chi connectivity index (χ0n) is 7.30. The van der Waals surface area contributed by atoms with Gasteiger partial charge in [0, 0.05) is 6.92 Å². The van der Waals surface area contributed by atoms with Crippen LogP contribution in [0.3, 0.4) is 0 Å². The SMILES string of the molecule is CC(=O)C(Cl)=NNc1cc(C)cs1. The van der Waals surface area contributed by atoms with E-state index >= 15 is 0 Å². The minimum Gasteiger partial charge on any atom is -0.292 e. The number of hydrogen-bond acceptors (Lipinski definition) is 4. The number of hydrazone groups is 1. The third-order valence-corrected chi connectivity index (χ3v) is 2.59. The molecule has 70 valence electrons. The second-order valence-electron chi connectivity index (χ2n) is 2.56. The Hall–Kier alpha value is -0.870. The largest absolute Gasteiger partial charge is 0.292 e. The summed E-state index contributed by atoms with van der Waals surface area (Å²) in [5.74, 6) is -0.248. The topological polar surface area (TPSA) is 41.5 Å². The van der Waals surface area contributed by atoms with E-state index in [2.05, 4.69) is 10.5 Å². The Balaban J connectivity index is 2.61. The van der Waals surface area contributed by atoms with E-state index in [4.69, 9.17) is 11.6 Å². The quantitative estimate of drug-likeness (QED) is 0.624. The summed E-state index contributed by atoms with van der Waals surface area (Å²) in [5, 5.41) is 6.52. The van der Waals surface area contributed by atoms with Crippen molar-refractivity contribution in [2.24, 2.45) is 5.10 Å². The van der Waals surface area contributed by atoms with Crippen molar-refractivity contribution in [1.82, 2.24) is 0 Å². The summed E-state index contributed by atoms with van der Waals surface area (Å²) in [5.41, 5.74) is 3.85. The van der Waals surface area contributed by atoms with Crippen LogP contribution < -0.4 is 5.43 Å². The van der Waals surface area contributed by atoms with Crippen LogP contribution in [0.25, 0.3) is 0 Å². The maximum atomic E-state index is 10.7. The van der Waals surface area contributed by atoms with E-state index < -0.39 is 0 Å². The van der Waals surface area contributed by atoms with Crippen LogP contribution in [-0.2, 0) is 4.79 Å². The fourth-order valence-corrected chi connectivity index (χ4v) is 1.45. The van der Waals surface area contributed by atoms with Crippen LogP contribution in [0.1, 0.15) is 12.5 Å². The van der Waals surface area contributed by atoms with Crippen LogP contribution >= 0.6 is 22.9 Å². The zero-order valence-corrected chi connectivity index (χ0v) is 8.87. The van der Waals surface area contributed by atoms with Gasteiger partial charge in [0.25, 0.3) is 0 Å². The van der Waals surface area contributed by atoms with E-state index in [1.807, 2.05) is 18.4 Å². The van der Waals surface area contributed by atoms with Gasteiger partial charge in [-0.05, 0) is 23.9 Å². The minimum atomic E-state index is -0.248. The van der Waals surface area contributed by atoms with Crippen molar-refractivity contribution in [3.63, 3.8) is 0 Å². The number of carbonyl (C=O) groups is 1. The fourth-order valence-electron chi connectivity index (χ4n) is 0.673. The van der Waals surface area contributed by atoms with Gasteiger partial charge in [0.15, 0.2) is 11.0 Å². The second kappa shape index (κ2) is 4.39. The summed E-state index contributed by atoms with van der Waals surface area (Å²) in [6.07, 6.45) is 0. The summed E-state index contributed by atoms with van der Waals surface area (Å²) in [6, 6.07) is 1.93. The van der Waals surface area contributed by atoms with Gasteiger partial charge in [-0.3, -0.25) is 10.2 Å². The summed E-state index contributed by atoms with van der Waals surface area (Å²) in [4.78, 5) is 10.7. The molecule has 13 heavy (non-hydrogen) atoms. The highest BCUT2D eigenvalue weighted by Crippen LogP contribution is 2.19. The van der Waals surface area contributed by atoms with Crippen LogP contribution in [0.2, 0.25) is 0 Å². The highest BCUT2D eigenvalue weighted by atomic mass is 35.5. The first kappa shape index (κ1) is 10.2. The first-order chi connectivity index (χ1) is 6.09. The highest BCUT2D eigenvalue weighted by molar-refractivity contribution is 7.14. The molecule has 1 rings (SSSR count). The molecule has 0 aliphatic carbocycles. The average molecular weight is 217 g/mol. The van der Waals surface area contributed by atoms with Gasteiger partial charge >= 0.3 is 0 Å². The van der Waals surface area contributed by atoms with Crippen molar-refractivity contribution in [1.29, 1.82) is 0 Å². The number of anilines is 1. The van der Waals surface area contributed by atoms with E-state index in [0.717, 1.165) is 10.6 Å². The first-order valence-corrected chi connectivity index (χ1v) is 4.90. The Morgan fingerprint density at radius 3 is 2.85 bits per heavy atom. The van der Waals surface area contributed by atoms with Crippen LogP contribution in [0.15, 0.2) is 16.5 Å². The van der Waals surface area contributed by atoms with E-state index in [1.165, 1.54) is 18.3 Å². The van der Waals surface area contributed by atoms with Crippen molar-refractivity contribution < 1.29 is 4.79 Å². The molecule has 0 aliphatic heterocycles. The predicted molar refractivity (Wildman–Crippen MR) is 56.6 cm³/mol. The van der Waals surface area contributed by atoms with Crippen LogP contribution in [0, 0.1) is 6.92 Å². The summed E-state index contributed by atoms with van der Waals surface area (Å²) in [7, 11) is 0. The summed E-state index contributed by atoms with van der Waals surface area (Å²) in [6.45, 7) is 3.35. The van der Waals surface area contributed by atoms with Gasteiger partial charge in [0.1, 0.15) is 5.00 Å². The number of nitrogens with zero attached hydrogens (tertiary/aromatic N) is 1. The molecule has 3 nitrogen and oxygen atoms in total. The molecule has 0 unspecified atom stereocenters. The molecule has 0 radical (unpaired) electrons. The van der Waals surface area contributed by atoms with Gasteiger partial charge in [-0.1, -0.05) is 11.6 Å². The van der Waals surface area contributed by atoms with Crippen LogP contribution in [-0.4, -0.2) is 11.0 Å². The molecule has 0 aromatic carbocycles. The molecule has 1 heterocycles. The van der Waals surface area contributed by atoms with Gasteiger partial charge in [-0.2, -0.15) is 5.10 Å². The van der Waals surface area contributed by atoms with Gasteiger partial charge in [-0.25, -0.2) is 0 Å². The smallest absolute Gasteiger partial charge is 0.191 e. The molecule has 0 atom stereocenters. The molecule has 0 saturated heterocycles. The molecule has 0 spiro atoms. The lowest BCUT2D eigenvalue weighted by molar-refractivity contribution is -0.110. The number of carbonyl (C=O) groups excluding carboxylic acids is 1. The van der Waals surface area contributed by atoms with Crippen molar-refractivity contribution in [2.45, 2.75) is 13.8 Å². The Labute approximate surface area is 85.4 Å². The van der Waals surface area contributed by atoms with E-state index in [0.29, 0.717) is 0 Å². The fraction of sp³-hybridized carbons (Fsp3) is 0.250. The van der Waals surface area contributed by atoms with E-state index in [1.54, 1.807) is 0 Å². The van der Waals surface area contributed by atoms with Gasteiger partial charge < -0.3 is 0 Å². The number of ketones is 1. The first-order valence-electron chi connectivity index (χ1n) is 3.65. The standard InChI is InChI=1S/C8H9ClN2OS/c1-5-3-7(13-4-5)10-11-8(9)6(2)12/h3-4,10H,1-2H3. The van der Waals surface area contributed by atoms with Crippen LogP contribution in [0.4, 0.5) is 5.00 Å². The van der Waals surface area contributed by atoms with E-state index in [9.17, 15) is 4.79 Å². The maximum absolute atomic E-state index is 10.7. The summed E-state index contributed by atoms with van der Waals surface area (Å²) < 4.78 is 0. The second-order valence-corrected chi connectivity index (χ2v) is 3.83. The van der Waals surface area contributed by atoms with Gasteiger partial charge in [0.05, 0.1) is 0 Å². The third kappa shape index (κ3) is 3.16. The lowest BCUT2D eigenvalue weighted by Gasteiger charge is -1.94. The molecule has 0 aliphatic rings. The number of Topliss-reactive ketones (excluding diaryl/α,β-unsaturated/α-hetero) is 1. The number of hydrogen-bond donors (Lipinski definition) is 1. The molecular weight excluding hydrogens is 208 g/mol. The third-order valence-electron chi connectivity index (χ3n) is 1.29. The van der Waals surface area contributed by atoms with Crippen molar-refractivity contribution in [2.75, 3.05) is 5.43 Å². The number of nitrogens with one attached hydrogen (secondary N) is 1. The molecule has 1 aromatic rings. The zero-order chi connectivity index (χ0) is 9.84. The molecule has 5 heteroatoms. The molecule has 0 bridgehead atoms. The lowest BCUT2D eigenvalue weighted by Crippen LogP contribution is -2.03. The minimum absolute atomic E-state index is 0.0361. The molecule has 0 amide bonds. The molecule has 1 aromatic heterocycles. The number of aryl methyl sites for hydroxylation is 1. The molecule has 0 fully saturated rings. The van der Waals surface area contributed by atoms with E-state index in [-0.39, 0.29) is 11.0 Å². The van der Waals surface area contributed by atoms with Gasteiger partial charge in [-0.15, -0.1) is 11.3 Å². The highest BCUT2D eigenvalue weighted by Gasteiger charge is 2.00.